The van der Waals surface area contributed by atoms with E-state index in [9.17, 15) is 4.79 Å². The van der Waals surface area contributed by atoms with Crippen molar-refractivity contribution in [1.82, 2.24) is 9.88 Å². The number of piperidine rings is 1. The number of pyridine rings is 1. The molecule has 2 aliphatic rings. The molecule has 114 valence electrons. The third kappa shape index (κ3) is 2.68. The Kier molecular flexibility index (Phi) is 3.71. The molecular weight excluding hydrogens is 268 g/mol. The first-order valence-corrected chi connectivity index (χ1v) is 7.56. The Bertz CT molecular complexity index is 548. The minimum atomic E-state index is -0.995. The van der Waals surface area contributed by atoms with Crippen molar-refractivity contribution < 1.29 is 9.90 Å². The van der Waals surface area contributed by atoms with Crippen LogP contribution in [0.5, 0.6) is 0 Å². The van der Waals surface area contributed by atoms with Crippen LogP contribution in [0.3, 0.4) is 0 Å². The smallest absolute Gasteiger partial charge is 0.337 e. The maximum Gasteiger partial charge on any atom is 0.337 e. The van der Waals surface area contributed by atoms with Gasteiger partial charge in [0.05, 0.1) is 11.3 Å². The average molecular weight is 290 g/mol. The summed E-state index contributed by atoms with van der Waals surface area (Å²) < 4.78 is 0. The Morgan fingerprint density at radius 3 is 2.95 bits per heavy atom. The maximum absolute atomic E-state index is 11.0. The minimum absolute atomic E-state index is 0.139. The van der Waals surface area contributed by atoms with E-state index in [1.165, 1.54) is 38.1 Å². The molecule has 1 aromatic heterocycles. The van der Waals surface area contributed by atoms with Crippen LogP contribution in [0.1, 0.15) is 36.5 Å². The lowest BCUT2D eigenvalue weighted by Gasteiger charge is -2.48. The summed E-state index contributed by atoms with van der Waals surface area (Å²) in [6.07, 6.45) is 5.19. The number of hydrogen-bond acceptors (Lipinski definition) is 5. The molecule has 2 fully saturated rings. The highest BCUT2D eigenvalue weighted by molar-refractivity contribution is 5.89. The molecule has 6 heteroatoms. The number of carboxylic acids is 1. The Labute approximate surface area is 124 Å². The van der Waals surface area contributed by atoms with Crippen molar-refractivity contribution in [2.75, 3.05) is 30.3 Å². The molecule has 0 bridgehead atoms. The fraction of sp³-hybridized carbons (Fsp3) is 0.600. The second kappa shape index (κ2) is 5.52. The van der Waals surface area contributed by atoms with Gasteiger partial charge in [-0.3, -0.25) is 4.90 Å². The molecular formula is C15H22N4O2. The Morgan fingerprint density at radius 1 is 1.43 bits per heavy atom. The summed E-state index contributed by atoms with van der Waals surface area (Å²) in [6, 6.07) is 2.41. The first kappa shape index (κ1) is 14.1. The molecule has 2 unspecified atom stereocenters. The molecule has 0 radical (unpaired) electrons. The number of rotatable bonds is 2. The van der Waals surface area contributed by atoms with Gasteiger partial charge in [-0.1, -0.05) is 6.42 Å². The van der Waals surface area contributed by atoms with Gasteiger partial charge in [-0.2, -0.15) is 0 Å². The summed E-state index contributed by atoms with van der Waals surface area (Å²) >= 11 is 0. The predicted octanol–water partition coefficient (Wildman–Crippen LogP) is 1.43. The molecule has 1 aromatic rings. The Hall–Kier alpha value is -1.82. The van der Waals surface area contributed by atoms with E-state index < -0.39 is 5.97 Å². The molecule has 0 saturated carbocycles. The second-order valence-corrected chi connectivity index (χ2v) is 6.09. The standard InChI is InChI=1S/C15H22N4O2/c1-10-8-18-5-3-2-4-12(18)9-19(10)14-13(16)6-11(7-17-14)15(20)21/h6-7,10,12H,2-5,8-9,16H2,1H3,(H,20,21). The number of nitrogen functional groups attached to an aromatic ring is 1. The molecule has 0 spiro atoms. The predicted molar refractivity (Wildman–Crippen MR) is 81.6 cm³/mol. The third-order valence-corrected chi connectivity index (χ3v) is 4.60. The molecule has 6 nitrogen and oxygen atoms in total. The lowest BCUT2D eigenvalue weighted by atomic mass is 9.97. The van der Waals surface area contributed by atoms with Crippen LogP contribution in [0.2, 0.25) is 0 Å². The van der Waals surface area contributed by atoms with Gasteiger partial charge in [-0.25, -0.2) is 9.78 Å². The first-order valence-electron chi connectivity index (χ1n) is 7.56. The molecule has 0 aliphatic carbocycles. The second-order valence-electron chi connectivity index (χ2n) is 6.09. The van der Waals surface area contributed by atoms with Crippen molar-refractivity contribution in [2.45, 2.75) is 38.3 Å². The fourth-order valence-corrected chi connectivity index (χ4v) is 3.48. The molecule has 0 aromatic carbocycles. The maximum atomic E-state index is 11.0. The van der Waals surface area contributed by atoms with Gasteiger partial charge in [-0.05, 0) is 32.4 Å². The van der Waals surface area contributed by atoms with Crippen LogP contribution in [-0.2, 0) is 0 Å². The van der Waals surface area contributed by atoms with Crippen LogP contribution in [0, 0.1) is 0 Å². The first-order chi connectivity index (χ1) is 10.1. The van der Waals surface area contributed by atoms with Crippen LogP contribution in [-0.4, -0.2) is 52.7 Å². The van der Waals surface area contributed by atoms with Crippen LogP contribution >= 0.6 is 0 Å². The summed E-state index contributed by atoms with van der Waals surface area (Å²) in [5.41, 5.74) is 6.63. The number of aromatic carboxylic acids is 1. The number of carboxylic acid groups (broad SMARTS) is 1. The summed E-state index contributed by atoms with van der Waals surface area (Å²) in [5.74, 6) is -0.274. The van der Waals surface area contributed by atoms with Gasteiger partial charge in [0.25, 0.3) is 0 Å². The van der Waals surface area contributed by atoms with Gasteiger partial charge < -0.3 is 15.7 Å². The van der Waals surface area contributed by atoms with Crippen molar-refractivity contribution in [3.05, 3.63) is 17.8 Å². The number of nitrogens with two attached hydrogens (primary N) is 1. The lowest BCUT2D eigenvalue weighted by Crippen LogP contribution is -2.59. The number of fused-ring (bicyclic) bond motifs is 1. The number of anilines is 2. The monoisotopic (exact) mass is 290 g/mol. The Balaban J connectivity index is 1.84. The van der Waals surface area contributed by atoms with Crippen molar-refractivity contribution in [3.63, 3.8) is 0 Å². The molecule has 2 saturated heterocycles. The molecule has 3 rings (SSSR count). The summed E-state index contributed by atoms with van der Waals surface area (Å²) in [7, 11) is 0. The molecule has 3 N–H and O–H groups in total. The highest BCUT2D eigenvalue weighted by Crippen LogP contribution is 2.30. The van der Waals surface area contributed by atoms with Gasteiger partial charge in [0, 0.05) is 31.4 Å². The van der Waals surface area contributed by atoms with E-state index in [1.807, 2.05) is 0 Å². The highest BCUT2D eigenvalue weighted by atomic mass is 16.4. The average Bonchev–Trinajstić information content (AvgIpc) is 2.46. The molecule has 0 amide bonds. The van der Waals surface area contributed by atoms with Gasteiger partial charge in [0.15, 0.2) is 5.82 Å². The van der Waals surface area contributed by atoms with E-state index >= 15 is 0 Å². The van der Waals surface area contributed by atoms with Gasteiger partial charge in [0.2, 0.25) is 0 Å². The normalized spacial score (nSPS) is 26.4. The number of aromatic nitrogens is 1. The summed E-state index contributed by atoms with van der Waals surface area (Å²) in [5, 5.41) is 9.00. The van der Waals surface area contributed by atoms with E-state index in [1.54, 1.807) is 0 Å². The van der Waals surface area contributed by atoms with E-state index in [0.29, 0.717) is 17.8 Å². The van der Waals surface area contributed by atoms with Crippen molar-refractivity contribution in [3.8, 4) is 0 Å². The van der Waals surface area contributed by atoms with E-state index in [4.69, 9.17) is 10.8 Å². The van der Waals surface area contributed by atoms with Crippen LogP contribution in [0.25, 0.3) is 0 Å². The largest absolute Gasteiger partial charge is 0.478 e. The molecule has 2 atom stereocenters. The molecule has 2 aliphatic heterocycles. The molecule has 21 heavy (non-hydrogen) atoms. The minimum Gasteiger partial charge on any atom is -0.478 e. The van der Waals surface area contributed by atoms with Crippen molar-refractivity contribution >= 4 is 17.5 Å². The topological polar surface area (TPSA) is 82.7 Å². The van der Waals surface area contributed by atoms with E-state index in [2.05, 4.69) is 21.7 Å². The van der Waals surface area contributed by atoms with Gasteiger partial charge >= 0.3 is 5.97 Å². The number of nitrogens with zero attached hydrogens (tertiary/aromatic N) is 3. The Morgan fingerprint density at radius 2 is 2.24 bits per heavy atom. The number of carbonyl (C=O) groups is 1. The van der Waals surface area contributed by atoms with E-state index in [-0.39, 0.29) is 5.56 Å². The number of piperazine rings is 1. The quantitative estimate of drug-likeness (QED) is 0.857. The van der Waals surface area contributed by atoms with Crippen LogP contribution in [0.4, 0.5) is 11.5 Å². The fourth-order valence-electron chi connectivity index (χ4n) is 3.48. The lowest BCUT2D eigenvalue weighted by molar-refractivity contribution is 0.0696. The number of hydrogen-bond donors (Lipinski definition) is 2. The van der Waals surface area contributed by atoms with Crippen LogP contribution in [0.15, 0.2) is 12.3 Å². The summed E-state index contributed by atoms with van der Waals surface area (Å²) in [6.45, 7) is 5.30. The third-order valence-electron chi connectivity index (χ3n) is 4.60. The van der Waals surface area contributed by atoms with Crippen LogP contribution < -0.4 is 10.6 Å². The molecule has 3 heterocycles. The zero-order valence-corrected chi connectivity index (χ0v) is 12.3. The van der Waals surface area contributed by atoms with Crippen molar-refractivity contribution in [1.29, 1.82) is 0 Å². The summed E-state index contributed by atoms with van der Waals surface area (Å²) in [4.78, 5) is 20.1. The van der Waals surface area contributed by atoms with Gasteiger partial charge in [-0.15, -0.1) is 0 Å². The zero-order valence-electron chi connectivity index (χ0n) is 12.3. The highest BCUT2D eigenvalue weighted by Gasteiger charge is 2.34. The van der Waals surface area contributed by atoms with Crippen molar-refractivity contribution in [2.24, 2.45) is 0 Å². The van der Waals surface area contributed by atoms with E-state index in [0.717, 1.165) is 18.9 Å². The SMILES string of the molecule is CC1CN2CCCCC2CN1c1ncc(C(=O)O)cc1N. The zero-order chi connectivity index (χ0) is 15.0. The van der Waals surface area contributed by atoms with Gasteiger partial charge in [0.1, 0.15) is 0 Å².